The fourth-order valence-corrected chi connectivity index (χ4v) is 0.654. The van der Waals surface area contributed by atoms with Crippen LogP contribution < -0.4 is 5.32 Å². The lowest BCUT2D eigenvalue weighted by molar-refractivity contribution is -0.134. The molecule has 82 valence electrons. The summed E-state index contributed by atoms with van der Waals surface area (Å²) in [5.74, 6) is -0.377. The number of rotatable bonds is 8. The number of carbonyl (C=O) groups is 1. The molecule has 0 spiro atoms. The van der Waals surface area contributed by atoms with Crippen LogP contribution in [0.1, 0.15) is 0 Å². The van der Waals surface area contributed by atoms with Crippen molar-refractivity contribution in [3.05, 3.63) is 12.3 Å². The van der Waals surface area contributed by atoms with Gasteiger partial charge in [0.05, 0.1) is 26.9 Å². The highest BCUT2D eigenvalue weighted by molar-refractivity contribution is 5.81. The van der Waals surface area contributed by atoms with Crippen LogP contribution in [-0.4, -0.2) is 46.6 Å². The Hall–Kier alpha value is -1.07. The van der Waals surface area contributed by atoms with Crippen LogP contribution in [0, 0.1) is 0 Å². The fraction of sp³-hybridized carbons (Fsp3) is 0.667. The Morgan fingerprint density at radius 1 is 1.29 bits per heavy atom. The molecule has 0 radical (unpaired) electrons. The van der Waals surface area contributed by atoms with Crippen LogP contribution in [0.5, 0.6) is 0 Å². The van der Waals surface area contributed by atoms with Crippen LogP contribution in [0.4, 0.5) is 0 Å². The third-order valence-electron chi connectivity index (χ3n) is 1.36. The van der Waals surface area contributed by atoms with Crippen molar-refractivity contribution in [3.63, 3.8) is 0 Å². The zero-order valence-electron chi connectivity index (χ0n) is 8.62. The molecule has 5 nitrogen and oxygen atoms in total. The zero-order chi connectivity index (χ0) is 10.6. The molecule has 0 unspecified atom stereocenters. The van der Waals surface area contributed by atoms with Crippen molar-refractivity contribution in [1.82, 2.24) is 5.32 Å². The summed E-state index contributed by atoms with van der Waals surface area (Å²) in [5.41, 5.74) is 0. The lowest BCUT2D eigenvalue weighted by Gasteiger charge is -2.02. The summed E-state index contributed by atoms with van der Waals surface area (Å²) >= 11 is 0. The second kappa shape index (κ2) is 10.0. The molecular weight excluding hydrogens is 186 g/mol. The molecule has 0 aliphatic rings. The van der Waals surface area contributed by atoms with E-state index in [1.807, 2.05) is 0 Å². The topological polar surface area (TPSA) is 56.8 Å². The molecule has 0 heterocycles. The summed E-state index contributed by atoms with van der Waals surface area (Å²) in [4.78, 5) is 10.6. The summed E-state index contributed by atoms with van der Waals surface area (Å²) in [5, 5.41) is 2.88. The van der Waals surface area contributed by atoms with Crippen molar-refractivity contribution in [1.29, 1.82) is 0 Å². The Morgan fingerprint density at radius 3 is 2.71 bits per heavy atom. The molecule has 14 heavy (non-hydrogen) atoms. The summed E-state index contributed by atoms with van der Waals surface area (Å²) in [6.45, 7) is 2.41. The van der Waals surface area contributed by atoms with Gasteiger partial charge in [-0.3, -0.25) is 0 Å². The lowest BCUT2D eigenvalue weighted by Crippen LogP contribution is -2.15. The normalized spacial score (nSPS) is 10.4. The molecule has 0 aliphatic heterocycles. The van der Waals surface area contributed by atoms with Crippen LogP contribution in [0.2, 0.25) is 0 Å². The molecule has 5 heteroatoms. The van der Waals surface area contributed by atoms with Gasteiger partial charge in [-0.2, -0.15) is 0 Å². The number of ether oxygens (including phenoxy) is 3. The van der Waals surface area contributed by atoms with Crippen LogP contribution in [-0.2, 0) is 19.0 Å². The number of hydrogen-bond acceptors (Lipinski definition) is 5. The standard InChI is InChI=1S/C9H17NO4/c1-12-7-8-14-6-5-10-4-3-9(11)13-2/h3-4,10H,5-8H2,1-2H3/b4-3+. The second-order valence-electron chi connectivity index (χ2n) is 2.42. The van der Waals surface area contributed by atoms with Crippen LogP contribution >= 0.6 is 0 Å². The van der Waals surface area contributed by atoms with Crippen molar-refractivity contribution in [2.75, 3.05) is 40.6 Å². The van der Waals surface area contributed by atoms with Crippen molar-refractivity contribution >= 4 is 5.97 Å². The lowest BCUT2D eigenvalue weighted by atomic mass is 10.6. The molecule has 0 bridgehead atoms. The molecule has 0 fully saturated rings. The zero-order valence-corrected chi connectivity index (χ0v) is 8.62. The Bertz CT molecular complexity index is 170. The van der Waals surface area contributed by atoms with E-state index in [9.17, 15) is 4.79 Å². The minimum absolute atomic E-state index is 0.377. The predicted octanol–water partition coefficient (Wildman–Crippen LogP) is -0.0743. The first-order valence-electron chi connectivity index (χ1n) is 4.36. The average molecular weight is 203 g/mol. The maximum absolute atomic E-state index is 10.6. The Labute approximate surface area is 84.0 Å². The van der Waals surface area contributed by atoms with E-state index in [1.165, 1.54) is 19.4 Å². The van der Waals surface area contributed by atoms with Gasteiger partial charge >= 0.3 is 5.97 Å². The van der Waals surface area contributed by atoms with Gasteiger partial charge in [0.1, 0.15) is 0 Å². The Morgan fingerprint density at radius 2 is 2.07 bits per heavy atom. The van der Waals surface area contributed by atoms with Crippen molar-refractivity contribution in [2.45, 2.75) is 0 Å². The number of carbonyl (C=O) groups excluding carboxylic acids is 1. The smallest absolute Gasteiger partial charge is 0.331 e. The van der Waals surface area contributed by atoms with Gasteiger partial charge in [0, 0.05) is 25.9 Å². The van der Waals surface area contributed by atoms with E-state index in [0.29, 0.717) is 26.4 Å². The van der Waals surface area contributed by atoms with E-state index in [4.69, 9.17) is 9.47 Å². The Kier molecular flexibility index (Phi) is 9.25. The largest absolute Gasteiger partial charge is 0.466 e. The summed E-state index contributed by atoms with van der Waals surface area (Å²) < 4.78 is 14.4. The van der Waals surface area contributed by atoms with Gasteiger partial charge in [-0.1, -0.05) is 0 Å². The molecule has 0 rings (SSSR count). The van der Waals surface area contributed by atoms with E-state index in [-0.39, 0.29) is 5.97 Å². The summed E-state index contributed by atoms with van der Waals surface area (Å²) in [6, 6.07) is 0. The van der Waals surface area contributed by atoms with Crippen molar-refractivity contribution in [3.8, 4) is 0 Å². The molecule has 0 atom stereocenters. The Balaban J connectivity index is 3.13. The number of hydrogen-bond donors (Lipinski definition) is 1. The fourth-order valence-electron chi connectivity index (χ4n) is 0.654. The van der Waals surface area contributed by atoms with Crippen molar-refractivity contribution < 1.29 is 19.0 Å². The monoisotopic (exact) mass is 203 g/mol. The molecule has 1 N–H and O–H groups in total. The second-order valence-corrected chi connectivity index (χ2v) is 2.42. The molecule has 0 aromatic carbocycles. The third-order valence-corrected chi connectivity index (χ3v) is 1.36. The van der Waals surface area contributed by atoms with Gasteiger partial charge < -0.3 is 19.5 Å². The predicted molar refractivity (Wildman–Crippen MR) is 51.9 cm³/mol. The quantitative estimate of drug-likeness (QED) is 0.340. The highest BCUT2D eigenvalue weighted by atomic mass is 16.5. The number of methoxy groups -OCH3 is 2. The van der Waals surface area contributed by atoms with Crippen LogP contribution in [0.3, 0.4) is 0 Å². The van der Waals surface area contributed by atoms with E-state index in [1.54, 1.807) is 7.11 Å². The molecule has 0 saturated heterocycles. The van der Waals surface area contributed by atoms with E-state index in [0.717, 1.165) is 0 Å². The van der Waals surface area contributed by atoms with Crippen LogP contribution in [0.15, 0.2) is 12.3 Å². The molecule has 0 amide bonds. The number of esters is 1. The minimum atomic E-state index is -0.377. The average Bonchev–Trinajstić information content (AvgIpc) is 2.21. The minimum Gasteiger partial charge on any atom is -0.466 e. The summed E-state index contributed by atoms with van der Waals surface area (Å²) in [7, 11) is 2.96. The van der Waals surface area contributed by atoms with Gasteiger partial charge in [0.15, 0.2) is 0 Å². The third kappa shape index (κ3) is 9.02. The van der Waals surface area contributed by atoms with Gasteiger partial charge in [-0.15, -0.1) is 0 Å². The molecular formula is C9H17NO4. The molecule has 0 saturated carbocycles. The van der Waals surface area contributed by atoms with Gasteiger partial charge in [0.2, 0.25) is 0 Å². The molecule has 0 aromatic rings. The maximum Gasteiger partial charge on any atom is 0.331 e. The molecule has 0 aliphatic carbocycles. The highest BCUT2D eigenvalue weighted by Crippen LogP contribution is 1.77. The molecule has 0 aromatic heterocycles. The van der Waals surface area contributed by atoms with Crippen molar-refractivity contribution in [2.24, 2.45) is 0 Å². The number of nitrogens with one attached hydrogen (secondary N) is 1. The summed E-state index contributed by atoms with van der Waals surface area (Å²) in [6.07, 6.45) is 2.85. The van der Waals surface area contributed by atoms with Gasteiger partial charge in [-0.05, 0) is 0 Å². The highest BCUT2D eigenvalue weighted by Gasteiger charge is 1.89. The van der Waals surface area contributed by atoms with Gasteiger partial charge in [-0.25, -0.2) is 4.79 Å². The maximum atomic E-state index is 10.6. The van der Waals surface area contributed by atoms with E-state index < -0.39 is 0 Å². The van der Waals surface area contributed by atoms with Gasteiger partial charge in [0.25, 0.3) is 0 Å². The van der Waals surface area contributed by atoms with E-state index in [2.05, 4.69) is 10.1 Å². The SMILES string of the molecule is COCCOCCN/C=C/C(=O)OC. The first-order valence-corrected chi connectivity index (χ1v) is 4.36. The first kappa shape index (κ1) is 12.9. The first-order chi connectivity index (χ1) is 6.81. The van der Waals surface area contributed by atoms with E-state index >= 15 is 0 Å². The van der Waals surface area contributed by atoms with Crippen LogP contribution in [0.25, 0.3) is 0 Å².